The molecule has 0 aromatic heterocycles. The molecule has 1 saturated heterocycles. The number of hydrogen-bond acceptors (Lipinski definition) is 3. The Kier molecular flexibility index (Phi) is 1.83. The highest BCUT2D eigenvalue weighted by Crippen LogP contribution is 2.01. The highest BCUT2D eigenvalue weighted by molar-refractivity contribution is 4.78. The second-order valence-corrected chi connectivity index (χ2v) is 2.19. The summed E-state index contributed by atoms with van der Waals surface area (Å²) in [5.41, 5.74) is 11.1. The average Bonchev–Trinajstić information content (AvgIpc) is 1.77. The highest BCUT2D eigenvalue weighted by Gasteiger charge is 2.17. The predicted molar refractivity (Wildman–Crippen MR) is 31.4 cm³/mol. The van der Waals surface area contributed by atoms with E-state index in [1.807, 2.05) is 0 Å². The van der Waals surface area contributed by atoms with Gasteiger partial charge in [0.25, 0.3) is 0 Å². The van der Waals surface area contributed by atoms with Gasteiger partial charge in [-0.3, -0.25) is 0 Å². The van der Waals surface area contributed by atoms with Gasteiger partial charge < -0.3 is 16.2 Å². The second-order valence-electron chi connectivity index (χ2n) is 2.19. The molecule has 0 unspecified atom stereocenters. The maximum Gasteiger partial charge on any atom is 0.0632 e. The van der Waals surface area contributed by atoms with E-state index in [0.717, 1.165) is 13.0 Å². The molecule has 0 aromatic rings. The Hall–Kier alpha value is -0.120. The summed E-state index contributed by atoms with van der Waals surface area (Å²) in [6.45, 7) is 1.40. The van der Waals surface area contributed by atoms with Crippen LogP contribution in [0.1, 0.15) is 6.42 Å². The van der Waals surface area contributed by atoms with Crippen molar-refractivity contribution in [3.05, 3.63) is 0 Å². The molecule has 2 atom stereocenters. The molecule has 4 N–H and O–H groups in total. The fraction of sp³-hybridized carbons (Fsp3) is 1.00. The normalized spacial score (nSPS) is 39.8. The average molecular weight is 116 g/mol. The first kappa shape index (κ1) is 6.01. The van der Waals surface area contributed by atoms with Gasteiger partial charge in [0.05, 0.1) is 6.61 Å². The standard InChI is InChI=1S/C5H12N2O/c6-4-1-2-8-3-5(4)7/h4-5H,1-3,6-7H2/t4-,5+/m1/s1. The SMILES string of the molecule is N[C@@H]1CCOC[C@@H]1N. The molecule has 1 rings (SSSR count). The molecule has 8 heavy (non-hydrogen) atoms. The lowest BCUT2D eigenvalue weighted by molar-refractivity contribution is 0.0711. The molecule has 48 valence electrons. The molecular weight excluding hydrogens is 104 g/mol. The van der Waals surface area contributed by atoms with Gasteiger partial charge in [-0.25, -0.2) is 0 Å². The van der Waals surface area contributed by atoms with Gasteiger partial charge >= 0.3 is 0 Å². The Bertz CT molecular complexity index is 66.8. The van der Waals surface area contributed by atoms with Gasteiger partial charge in [-0.15, -0.1) is 0 Å². The fourth-order valence-electron chi connectivity index (χ4n) is 0.777. The molecule has 0 aliphatic carbocycles. The van der Waals surface area contributed by atoms with Gasteiger partial charge in [-0.05, 0) is 6.42 Å². The van der Waals surface area contributed by atoms with Gasteiger partial charge in [0.2, 0.25) is 0 Å². The van der Waals surface area contributed by atoms with Crippen LogP contribution in [0.3, 0.4) is 0 Å². The van der Waals surface area contributed by atoms with Crippen LogP contribution in [0.5, 0.6) is 0 Å². The monoisotopic (exact) mass is 116 g/mol. The van der Waals surface area contributed by atoms with Gasteiger partial charge in [-0.1, -0.05) is 0 Å². The zero-order valence-electron chi connectivity index (χ0n) is 4.84. The van der Waals surface area contributed by atoms with Crippen molar-refractivity contribution >= 4 is 0 Å². The van der Waals surface area contributed by atoms with Crippen LogP contribution in [0.2, 0.25) is 0 Å². The maximum atomic E-state index is 5.57. The second kappa shape index (κ2) is 2.44. The molecule has 0 saturated carbocycles. The third-order valence-electron chi connectivity index (χ3n) is 1.46. The van der Waals surface area contributed by atoms with Crippen molar-refractivity contribution in [2.75, 3.05) is 13.2 Å². The number of ether oxygens (including phenoxy) is 1. The lowest BCUT2D eigenvalue weighted by atomic mass is 10.1. The van der Waals surface area contributed by atoms with Gasteiger partial charge in [-0.2, -0.15) is 0 Å². The minimum absolute atomic E-state index is 0.0590. The Labute approximate surface area is 49.0 Å². The van der Waals surface area contributed by atoms with Crippen LogP contribution in [0.25, 0.3) is 0 Å². The summed E-state index contributed by atoms with van der Waals surface area (Å²) in [4.78, 5) is 0. The van der Waals surface area contributed by atoms with Crippen molar-refractivity contribution in [2.45, 2.75) is 18.5 Å². The Morgan fingerprint density at radius 1 is 1.25 bits per heavy atom. The summed E-state index contributed by atoms with van der Waals surface area (Å²) in [5.74, 6) is 0. The van der Waals surface area contributed by atoms with E-state index in [2.05, 4.69) is 0 Å². The third kappa shape index (κ3) is 1.18. The Morgan fingerprint density at radius 2 is 2.00 bits per heavy atom. The largest absolute Gasteiger partial charge is 0.380 e. The molecule has 3 nitrogen and oxygen atoms in total. The summed E-state index contributed by atoms with van der Waals surface area (Å²) >= 11 is 0. The zero-order chi connectivity index (χ0) is 5.98. The Morgan fingerprint density at radius 3 is 2.38 bits per heavy atom. The number of nitrogens with two attached hydrogens (primary N) is 2. The van der Waals surface area contributed by atoms with Gasteiger partial charge in [0.1, 0.15) is 0 Å². The van der Waals surface area contributed by atoms with Crippen LogP contribution in [-0.2, 0) is 4.74 Å². The first-order chi connectivity index (χ1) is 3.80. The number of hydrogen-bond donors (Lipinski definition) is 2. The molecule has 1 aliphatic rings. The van der Waals surface area contributed by atoms with E-state index in [1.165, 1.54) is 0 Å². The molecule has 1 aliphatic heterocycles. The van der Waals surface area contributed by atoms with Crippen LogP contribution in [0.15, 0.2) is 0 Å². The van der Waals surface area contributed by atoms with E-state index in [0.29, 0.717) is 6.61 Å². The summed E-state index contributed by atoms with van der Waals surface area (Å²) in [7, 11) is 0. The molecule has 3 heteroatoms. The van der Waals surface area contributed by atoms with Crippen LogP contribution in [-0.4, -0.2) is 25.3 Å². The summed E-state index contributed by atoms with van der Waals surface area (Å²) in [6.07, 6.45) is 0.904. The van der Waals surface area contributed by atoms with Crippen LogP contribution >= 0.6 is 0 Å². The maximum absolute atomic E-state index is 5.57. The van der Waals surface area contributed by atoms with Crippen molar-refractivity contribution < 1.29 is 4.74 Å². The van der Waals surface area contributed by atoms with Gasteiger partial charge in [0.15, 0.2) is 0 Å². The highest BCUT2D eigenvalue weighted by atomic mass is 16.5. The van der Waals surface area contributed by atoms with E-state index >= 15 is 0 Å². The Balaban J connectivity index is 2.28. The zero-order valence-corrected chi connectivity index (χ0v) is 4.84. The van der Waals surface area contributed by atoms with E-state index in [9.17, 15) is 0 Å². The summed E-state index contributed by atoms with van der Waals surface area (Å²) < 4.78 is 5.05. The van der Waals surface area contributed by atoms with E-state index in [4.69, 9.17) is 16.2 Å². The first-order valence-corrected chi connectivity index (χ1v) is 2.89. The lowest BCUT2D eigenvalue weighted by Gasteiger charge is -2.24. The van der Waals surface area contributed by atoms with Crippen LogP contribution in [0.4, 0.5) is 0 Å². The molecular formula is C5H12N2O. The van der Waals surface area contributed by atoms with Crippen LogP contribution in [0, 0.1) is 0 Å². The van der Waals surface area contributed by atoms with E-state index < -0.39 is 0 Å². The van der Waals surface area contributed by atoms with Crippen molar-refractivity contribution in [3.63, 3.8) is 0 Å². The molecule has 1 heterocycles. The van der Waals surface area contributed by atoms with Crippen LogP contribution < -0.4 is 11.5 Å². The van der Waals surface area contributed by atoms with E-state index in [-0.39, 0.29) is 12.1 Å². The lowest BCUT2D eigenvalue weighted by Crippen LogP contribution is -2.48. The van der Waals surface area contributed by atoms with E-state index in [1.54, 1.807) is 0 Å². The number of rotatable bonds is 0. The quantitative estimate of drug-likeness (QED) is 0.429. The van der Waals surface area contributed by atoms with Crippen molar-refractivity contribution in [2.24, 2.45) is 11.5 Å². The van der Waals surface area contributed by atoms with Crippen molar-refractivity contribution in [1.29, 1.82) is 0 Å². The molecule has 1 fully saturated rings. The predicted octanol–water partition coefficient (Wildman–Crippen LogP) is -0.939. The minimum atomic E-state index is 0.0590. The fourth-order valence-corrected chi connectivity index (χ4v) is 0.777. The van der Waals surface area contributed by atoms with Crippen molar-refractivity contribution in [1.82, 2.24) is 0 Å². The topological polar surface area (TPSA) is 61.3 Å². The molecule has 0 radical (unpaired) electrons. The molecule has 0 aromatic carbocycles. The smallest absolute Gasteiger partial charge is 0.0632 e. The van der Waals surface area contributed by atoms with Crippen molar-refractivity contribution in [3.8, 4) is 0 Å². The summed E-state index contributed by atoms with van der Waals surface area (Å²) in [6, 6.07) is 0.215. The molecule has 0 amide bonds. The van der Waals surface area contributed by atoms with Gasteiger partial charge in [0, 0.05) is 18.7 Å². The molecule has 0 spiro atoms. The molecule has 0 bridgehead atoms. The third-order valence-corrected chi connectivity index (χ3v) is 1.46. The summed E-state index contributed by atoms with van der Waals surface area (Å²) in [5, 5.41) is 0. The minimum Gasteiger partial charge on any atom is -0.380 e. The first-order valence-electron chi connectivity index (χ1n) is 2.89.